The van der Waals surface area contributed by atoms with Crippen molar-refractivity contribution in [3.05, 3.63) is 0 Å². The van der Waals surface area contributed by atoms with Crippen LogP contribution in [0.1, 0.15) is 0 Å². The predicted molar refractivity (Wildman–Crippen MR) is 33.5 cm³/mol. The van der Waals surface area contributed by atoms with E-state index in [1.54, 1.807) is 0 Å². The Morgan fingerprint density at radius 1 is 1.60 bits per heavy atom. The quantitative estimate of drug-likeness (QED) is 0.396. The van der Waals surface area contributed by atoms with Gasteiger partial charge in [0.05, 0.1) is 0 Å². The van der Waals surface area contributed by atoms with Crippen LogP contribution in [-0.4, -0.2) is 4.58 Å². The Morgan fingerprint density at radius 3 is 1.80 bits per heavy atom. The number of hydrogen-bond donors (Lipinski definition) is 0. The maximum atomic E-state index is 5.22. The van der Waals surface area contributed by atoms with Crippen molar-refractivity contribution in [2.45, 2.75) is 4.58 Å². The molecular formula is CH4Cl2P2. The smallest absolute Gasteiger partial charge is 0.112 e. The summed E-state index contributed by atoms with van der Waals surface area (Å²) in [6.07, 6.45) is 0. The third-order valence-electron chi connectivity index (χ3n) is 0.126. The van der Waals surface area contributed by atoms with E-state index < -0.39 is 0 Å². The fourth-order valence-electron chi connectivity index (χ4n) is 0. The number of alkyl halides is 2. The monoisotopic (exact) mass is 148 g/mol. The average molecular weight is 149 g/mol. The molecule has 2 unspecified atom stereocenters. The van der Waals surface area contributed by atoms with E-state index in [1.807, 2.05) is 0 Å². The molecule has 0 nitrogen and oxygen atoms in total. The van der Waals surface area contributed by atoms with Gasteiger partial charge >= 0.3 is 0 Å². The molecule has 0 rings (SSSR count). The van der Waals surface area contributed by atoms with E-state index in [9.17, 15) is 0 Å². The van der Waals surface area contributed by atoms with Gasteiger partial charge in [-0.15, -0.1) is 32.1 Å². The van der Waals surface area contributed by atoms with Crippen molar-refractivity contribution in [3.8, 4) is 0 Å². The van der Waals surface area contributed by atoms with Crippen LogP contribution < -0.4 is 0 Å². The zero-order valence-corrected chi connectivity index (χ0v) is 6.08. The standard InChI is InChI=1S/CH4Cl2P2/c2-1(3)5-4/h1,5H,4H2. The fourth-order valence-corrected chi connectivity index (χ4v) is 0. The third kappa shape index (κ3) is 5.44. The summed E-state index contributed by atoms with van der Waals surface area (Å²) < 4.78 is -0.181. The first-order valence-electron chi connectivity index (χ1n) is 1.01. The van der Waals surface area contributed by atoms with Crippen molar-refractivity contribution in [3.63, 3.8) is 0 Å². The lowest BCUT2D eigenvalue weighted by Gasteiger charge is -1.85. The molecule has 0 aliphatic rings. The molecule has 5 heavy (non-hydrogen) atoms. The van der Waals surface area contributed by atoms with Crippen LogP contribution in [0.5, 0.6) is 0 Å². The fraction of sp³-hybridized carbons (Fsp3) is 1.00. The van der Waals surface area contributed by atoms with Crippen LogP contribution in [0.4, 0.5) is 0 Å². The minimum atomic E-state index is -0.181. The Balaban J connectivity index is 2.54. The van der Waals surface area contributed by atoms with Crippen molar-refractivity contribution < 1.29 is 0 Å². The zero-order valence-electron chi connectivity index (χ0n) is 2.41. The Kier molecular flexibility index (Phi) is 4.67. The van der Waals surface area contributed by atoms with Crippen LogP contribution in [0, 0.1) is 0 Å². The second kappa shape index (κ2) is 3.62. The molecule has 4 heteroatoms. The summed E-state index contributed by atoms with van der Waals surface area (Å²) in [7, 11) is 3.02. The van der Waals surface area contributed by atoms with Gasteiger partial charge in [-0.1, -0.05) is 8.27 Å². The van der Waals surface area contributed by atoms with Crippen LogP contribution in [0.3, 0.4) is 0 Å². The Labute approximate surface area is 45.5 Å². The van der Waals surface area contributed by atoms with Crippen LogP contribution in [0.2, 0.25) is 0 Å². The summed E-state index contributed by atoms with van der Waals surface area (Å²) in [6, 6.07) is 0. The summed E-state index contributed by atoms with van der Waals surface area (Å²) in [5, 5.41) is 0. The maximum absolute atomic E-state index is 5.22. The second-order valence-electron chi connectivity index (χ2n) is 0.467. The Bertz CT molecular complexity index is 21.6. The summed E-state index contributed by atoms with van der Waals surface area (Å²) in [4.78, 5) is 0. The highest BCUT2D eigenvalue weighted by atomic mass is 35.5. The normalized spacial score (nSPS) is 12.0. The molecule has 0 aromatic rings. The third-order valence-corrected chi connectivity index (χ3v) is 3.40. The zero-order chi connectivity index (χ0) is 4.28. The molecule has 0 N–H and O–H groups in total. The van der Waals surface area contributed by atoms with Gasteiger partial charge in [0.25, 0.3) is 0 Å². The molecule has 32 valence electrons. The molecule has 0 amide bonds. The van der Waals surface area contributed by atoms with Crippen LogP contribution in [-0.2, 0) is 0 Å². The van der Waals surface area contributed by atoms with E-state index in [1.165, 1.54) is 0 Å². The Morgan fingerprint density at radius 2 is 1.80 bits per heavy atom. The molecule has 0 fully saturated rings. The van der Waals surface area contributed by atoms with Gasteiger partial charge in [0.2, 0.25) is 0 Å². The van der Waals surface area contributed by atoms with E-state index >= 15 is 0 Å². The molecule has 0 aromatic heterocycles. The molecule has 0 radical (unpaired) electrons. The van der Waals surface area contributed by atoms with E-state index in [-0.39, 0.29) is 4.58 Å². The molecule has 0 saturated carbocycles. The summed E-state index contributed by atoms with van der Waals surface area (Å²) in [5.74, 6) is 0. The van der Waals surface area contributed by atoms with Gasteiger partial charge in [0.1, 0.15) is 4.58 Å². The molecule has 0 saturated heterocycles. The molecule has 0 heterocycles. The van der Waals surface area contributed by atoms with Crippen molar-refractivity contribution in [1.82, 2.24) is 0 Å². The second-order valence-corrected chi connectivity index (χ2v) is 4.21. The van der Waals surface area contributed by atoms with Crippen molar-refractivity contribution >= 4 is 40.4 Å². The van der Waals surface area contributed by atoms with E-state index in [0.29, 0.717) is 8.27 Å². The van der Waals surface area contributed by atoms with Gasteiger partial charge in [0.15, 0.2) is 0 Å². The van der Waals surface area contributed by atoms with Crippen LogP contribution >= 0.6 is 40.4 Å². The van der Waals surface area contributed by atoms with Crippen molar-refractivity contribution in [2.75, 3.05) is 0 Å². The number of rotatable bonds is 1. The maximum Gasteiger partial charge on any atom is 0.127 e. The lowest BCUT2D eigenvalue weighted by molar-refractivity contribution is 2.00. The van der Waals surface area contributed by atoms with E-state index in [4.69, 9.17) is 23.2 Å². The first-order valence-corrected chi connectivity index (χ1v) is 4.77. The highest BCUT2D eigenvalue weighted by Crippen LogP contribution is 2.32. The molecular weight excluding hydrogens is 145 g/mol. The summed E-state index contributed by atoms with van der Waals surface area (Å²) >= 11 is 10.4. The molecule has 0 aromatic carbocycles. The summed E-state index contributed by atoms with van der Waals surface area (Å²) in [6.45, 7) is 0. The highest BCUT2D eigenvalue weighted by Gasteiger charge is 1.86. The number of halogens is 2. The molecule has 0 aliphatic heterocycles. The molecule has 2 atom stereocenters. The van der Waals surface area contributed by atoms with Crippen molar-refractivity contribution in [2.24, 2.45) is 0 Å². The minimum Gasteiger partial charge on any atom is -0.112 e. The lowest BCUT2D eigenvalue weighted by atomic mass is 11.9. The van der Waals surface area contributed by atoms with Gasteiger partial charge in [0, 0.05) is 0 Å². The van der Waals surface area contributed by atoms with E-state index in [2.05, 4.69) is 8.93 Å². The predicted octanol–water partition coefficient (Wildman–Crippen LogP) is 2.22. The molecule has 0 spiro atoms. The lowest BCUT2D eigenvalue weighted by Crippen LogP contribution is -1.58. The van der Waals surface area contributed by atoms with E-state index in [0.717, 1.165) is 0 Å². The molecule has 0 bridgehead atoms. The van der Waals surface area contributed by atoms with Gasteiger partial charge in [-0.05, 0) is 0 Å². The van der Waals surface area contributed by atoms with Gasteiger partial charge < -0.3 is 0 Å². The van der Waals surface area contributed by atoms with Crippen LogP contribution in [0.15, 0.2) is 0 Å². The van der Waals surface area contributed by atoms with Gasteiger partial charge in [-0.3, -0.25) is 0 Å². The highest BCUT2D eigenvalue weighted by molar-refractivity contribution is 8.04. The first-order chi connectivity index (χ1) is 2.27. The average Bonchev–Trinajstić information content (AvgIpc) is 1.38. The summed E-state index contributed by atoms with van der Waals surface area (Å²) in [5.41, 5.74) is 0. The SMILES string of the molecule is PPC(Cl)Cl. The van der Waals surface area contributed by atoms with Gasteiger partial charge in [-0.25, -0.2) is 0 Å². The number of hydrogen-bond acceptors (Lipinski definition) is 0. The largest absolute Gasteiger partial charge is 0.127 e. The topological polar surface area (TPSA) is 0 Å². The minimum absolute atomic E-state index is 0.181. The molecule has 0 aliphatic carbocycles. The van der Waals surface area contributed by atoms with Gasteiger partial charge in [-0.2, -0.15) is 0 Å². The van der Waals surface area contributed by atoms with Crippen LogP contribution in [0.25, 0.3) is 0 Å². The van der Waals surface area contributed by atoms with Crippen molar-refractivity contribution in [1.29, 1.82) is 0 Å². The first kappa shape index (κ1) is 6.44. The Hall–Kier alpha value is 1.44.